The standard InChI is InChI=1S/C20H15N3O2/c1-25-20(24)16-8-3-2-7-15(16)13-5-4-6-14(11-13)19-22-17-9-10-21-12-18(17)23-19/h2-12H,1H3,(H,22,23). The Morgan fingerprint density at radius 2 is 1.88 bits per heavy atom. The summed E-state index contributed by atoms with van der Waals surface area (Å²) < 4.78 is 4.89. The number of aromatic nitrogens is 3. The second kappa shape index (κ2) is 6.20. The number of methoxy groups -OCH3 is 1. The molecule has 0 saturated carbocycles. The van der Waals surface area contributed by atoms with E-state index >= 15 is 0 Å². The van der Waals surface area contributed by atoms with E-state index in [4.69, 9.17) is 4.74 Å². The van der Waals surface area contributed by atoms with Gasteiger partial charge in [0.15, 0.2) is 0 Å². The molecule has 0 radical (unpaired) electrons. The van der Waals surface area contributed by atoms with E-state index in [0.717, 1.165) is 33.5 Å². The molecule has 0 unspecified atom stereocenters. The second-order valence-corrected chi connectivity index (χ2v) is 5.60. The van der Waals surface area contributed by atoms with Gasteiger partial charge in [-0.1, -0.05) is 36.4 Å². The summed E-state index contributed by atoms with van der Waals surface area (Å²) in [4.78, 5) is 24.0. The van der Waals surface area contributed by atoms with Crippen molar-refractivity contribution in [3.05, 3.63) is 72.6 Å². The van der Waals surface area contributed by atoms with Crippen LogP contribution in [0.2, 0.25) is 0 Å². The van der Waals surface area contributed by atoms with Crippen LogP contribution in [0.3, 0.4) is 0 Å². The van der Waals surface area contributed by atoms with Crippen LogP contribution in [-0.4, -0.2) is 28.0 Å². The first kappa shape index (κ1) is 15.1. The largest absolute Gasteiger partial charge is 0.465 e. The van der Waals surface area contributed by atoms with Gasteiger partial charge in [-0.15, -0.1) is 0 Å². The number of carbonyl (C=O) groups is 1. The molecule has 25 heavy (non-hydrogen) atoms. The maximum atomic E-state index is 12.0. The van der Waals surface area contributed by atoms with E-state index in [2.05, 4.69) is 15.0 Å². The molecule has 2 heterocycles. The third kappa shape index (κ3) is 2.76. The van der Waals surface area contributed by atoms with Gasteiger partial charge >= 0.3 is 5.97 Å². The number of nitrogens with one attached hydrogen (secondary N) is 1. The zero-order chi connectivity index (χ0) is 17.2. The summed E-state index contributed by atoms with van der Waals surface area (Å²) >= 11 is 0. The monoisotopic (exact) mass is 329 g/mol. The first-order valence-corrected chi connectivity index (χ1v) is 7.84. The van der Waals surface area contributed by atoms with Crippen LogP contribution in [0, 0.1) is 0 Å². The van der Waals surface area contributed by atoms with Crippen LogP contribution in [0.15, 0.2) is 67.0 Å². The van der Waals surface area contributed by atoms with Crippen molar-refractivity contribution < 1.29 is 9.53 Å². The third-order valence-corrected chi connectivity index (χ3v) is 4.06. The molecule has 0 aliphatic carbocycles. The van der Waals surface area contributed by atoms with E-state index in [1.807, 2.05) is 48.5 Å². The van der Waals surface area contributed by atoms with Crippen molar-refractivity contribution in [2.24, 2.45) is 0 Å². The van der Waals surface area contributed by atoms with E-state index in [1.165, 1.54) is 7.11 Å². The minimum Gasteiger partial charge on any atom is -0.465 e. The number of benzene rings is 2. The predicted octanol–water partition coefficient (Wildman–Crippen LogP) is 4.08. The number of rotatable bonds is 3. The van der Waals surface area contributed by atoms with Crippen LogP contribution in [0.25, 0.3) is 33.5 Å². The summed E-state index contributed by atoms with van der Waals surface area (Å²) in [6.07, 6.45) is 3.47. The lowest BCUT2D eigenvalue weighted by Crippen LogP contribution is -2.03. The zero-order valence-corrected chi connectivity index (χ0v) is 13.6. The molecule has 0 aliphatic heterocycles. The van der Waals surface area contributed by atoms with Gasteiger partial charge in [-0.25, -0.2) is 9.78 Å². The fraction of sp³-hybridized carbons (Fsp3) is 0.0500. The predicted molar refractivity (Wildman–Crippen MR) is 96.1 cm³/mol. The van der Waals surface area contributed by atoms with Gasteiger partial charge in [0.1, 0.15) is 5.82 Å². The second-order valence-electron chi connectivity index (χ2n) is 5.60. The van der Waals surface area contributed by atoms with E-state index in [0.29, 0.717) is 5.56 Å². The van der Waals surface area contributed by atoms with E-state index in [9.17, 15) is 4.79 Å². The number of fused-ring (bicyclic) bond motifs is 1. The number of nitrogens with zero attached hydrogens (tertiary/aromatic N) is 2. The van der Waals surface area contributed by atoms with Crippen molar-refractivity contribution in [3.63, 3.8) is 0 Å². The Bertz CT molecular complexity index is 1040. The summed E-state index contributed by atoms with van der Waals surface area (Å²) in [5, 5.41) is 0. The van der Waals surface area contributed by atoms with Crippen LogP contribution in [0.5, 0.6) is 0 Å². The summed E-state index contributed by atoms with van der Waals surface area (Å²) in [5.74, 6) is 0.413. The summed E-state index contributed by atoms with van der Waals surface area (Å²) in [6.45, 7) is 0. The highest BCUT2D eigenvalue weighted by Gasteiger charge is 2.13. The summed E-state index contributed by atoms with van der Waals surface area (Å²) in [6, 6.07) is 17.2. The average Bonchev–Trinajstić information content (AvgIpc) is 3.12. The van der Waals surface area contributed by atoms with Crippen molar-refractivity contribution in [2.45, 2.75) is 0 Å². The smallest absolute Gasteiger partial charge is 0.338 e. The highest BCUT2D eigenvalue weighted by molar-refractivity contribution is 5.97. The molecule has 4 aromatic rings. The van der Waals surface area contributed by atoms with Gasteiger partial charge in [0, 0.05) is 11.8 Å². The molecule has 0 amide bonds. The van der Waals surface area contributed by atoms with Gasteiger partial charge in [0.2, 0.25) is 0 Å². The maximum absolute atomic E-state index is 12.0. The molecule has 0 bridgehead atoms. The lowest BCUT2D eigenvalue weighted by molar-refractivity contribution is 0.0601. The molecule has 5 heteroatoms. The first-order valence-electron chi connectivity index (χ1n) is 7.84. The Hall–Kier alpha value is -3.47. The Kier molecular flexibility index (Phi) is 3.74. The Morgan fingerprint density at radius 1 is 1.04 bits per heavy atom. The topological polar surface area (TPSA) is 67.9 Å². The van der Waals surface area contributed by atoms with Gasteiger partial charge in [-0.2, -0.15) is 0 Å². The molecule has 4 rings (SSSR count). The van der Waals surface area contributed by atoms with Crippen LogP contribution < -0.4 is 0 Å². The van der Waals surface area contributed by atoms with Crippen LogP contribution in [0.4, 0.5) is 0 Å². The fourth-order valence-electron chi connectivity index (χ4n) is 2.85. The van der Waals surface area contributed by atoms with Crippen LogP contribution in [0.1, 0.15) is 10.4 Å². The van der Waals surface area contributed by atoms with E-state index in [1.54, 1.807) is 18.5 Å². The Balaban J connectivity index is 1.82. The fourth-order valence-corrected chi connectivity index (χ4v) is 2.85. The number of ether oxygens (including phenoxy) is 1. The molecule has 1 N–H and O–H groups in total. The molecular formula is C20H15N3O2. The quantitative estimate of drug-likeness (QED) is 0.575. The molecule has 122 valence electrons. The Labute approximate surface area is 144 Å². The number of aromatic amines is 1. The number of pyridine rings is 1. The minimum atomic E-state index is -0.351. The van der Waals surface area contributed by atoms with E-state index < -0.39 is 0 Å². The van der Waals surface area contributed by atoms with Crippen molar-refractivity contribution >= 4 is 17.0 Å². The molecule has 0 aliphatic rings. The first-order chi connectivity index (χ1) is 12.3. The van der Waals surface area contributed by atoms with Gasteiger partial charge in [-0.05, 0) is 29.3 Å². The SMILES string of the molecule is COC(=O)c1ccccc1-c1cccc(-c2nc3ccncc3[nH]2)c1. The minimum absolute atomic E-state index is 0.351. The van der Waals surface area contributed by atoms with Gasteiger partial charge in [0.05, 0.1) is 29.9 Å². The normalized spacial score (nSPS) is 10.8. The van der Waals surface area contributed by atoms with Crippen molar-refractivity contribution in [1.82, 2.24) is 15.0 Å². The zero-order valence-electron chi connectivity index (χ0n) is 13.6. The number of hydrogen-bond acceptors (Lipinski definition) is 4. The van der Waals surface area contributed by atoms with Gasteiger partial charge < -0.3 is 9.72 Å². The number of esters is 1. The molecule has 5 nitrogen and oxygen atoms in total. The molecule has 2 aromatic carbocycles. The third-order valence-electron chi connectivity index (χ3n) is 4.06. The van der Waals surface area contributed by atoms with E-state index in [-0.39, 0.29) is 5.97 Å². The van der Waals surface area contributed by atoms with Crippen LogP contribution in [-0.2, 0) is 4.74 Å². The highest BCUT2D eigenvalue weighted by atomic mass is 16.5. The van der Waals surface area contributed by atoms with Crippen LogP contribution >= 0.6 is 0 Å². The molecule has 0 fully saturated rings. The van der Waals surface area contributed by atoms with Crippen molar-refractivity contribution in [1.29, 1.82) is 0 Å². The molecule has 0 spiro atoms. The molecule has 0 atom stereocenters. The molecule has 2 aromatic heterocycles. The molecule has 0 saturated heterocycles. The van der Waals surface area contributed by atoms with Crippen molar-refractivity contribution in [2.75, 3.05) is 7.11 Å². The van der Waals surface area contributed by atoms with Gasteiger partial charge in [0.25, 0.3) is 0 Å². The van der Waals surface area contributed by atoms with Crippen molar-refractivity contribution in [3.8, 4) is 22.5 Å². The maximum Gasteiger partial charge on any atom is 0.338 e. The Morgan fingerprint density at radius 3 is 2.72 bits per heavy atom. The lowest BCUT2D eigenvalue weighted by atomic mass is 9.98. The highest BCUT2D eigenvalue weighted by Crippen LogP contribution is 2.28. The lowest BCUT2D eigenvalue weighted by Gasteiger charge is -2.09. The number of hydrogen-bond donors (Lipinski definition) is 1. The number of H-pyrrole nitrogens is 1. The average molecular weight is 329 g/mol. The molecular weight excluding hydrogens is 314 g/mol. The van der Waals surface area contributed by atoms with Gasteiger partial charge in [-0.3, -0.25) is 4.98 Å². The summed E-state index contributed by atoms with van der Waals surface area (Å²) in [5.41, 5.74) is 4.98. The number of imidazole rings is 1. The number of carbonyl (C=O) groups excluding carboxylic acids is 1. The summed E-state index contributed by atoms with van der Waals surface area (Å²) in [7, 11) is 1.39.